The number of nitrogens with one attached hydrogen (secondary N) is 1. The Kier molecular flexibility index (Phi) is 4.31. The van der Waals surface area contributed by atoms with Crippen molar-refractivity contribution in [1.29, 1.82) is 0 Å². The molecule has 3 unspecified atom stereocenters. The van der Waals surface area contributed by atoms with E-state index in [2.05, 4.69) is 11.1 Å². The summed E-state index contributed by atoms with van der Waals surface area (Å²) < 4.78 is 11.9. The maximum atomic E-state index is 11.9. The van der Waals surface area contributed by atoms with Crippen molar-refractivity contribution in [3.8, 4) is 11.1 Å². The van der Waals surface area contributed by atoms with Gasteiger partial charge >= 0.3 is 0 Å². The molecule has 4 aromatic rings. The highest BCUT2D eigenvalue weighted by molar-refractivity contribution is 7.82. The Bertz CT molecular complexity index is 1220. The second-order valence-electron chi connectivity index (χ2n) is 7.15. The lowest BCUT2D eigenvalue weighted by Crippen LogP contribution is -2.04. The molecule has 1 heterocycles. The fraction of sp³-hybridized carbons (Fsp3) is 0.136. The van der Waals surface area contributed by atoms with E-state index in [0.29, 0.717) is 16.7 Å². The van der Waals surface area contributed by atoms with Crippen molar-refractivity contribution >= 4 is 33.6 Å². The van der Waals surface area contributed by atoms with Gasteiger partial charge in [-0.1, -0.05) is 48.0 Å². The van der Waals surface area contributed by atoms with Gasteiger partial charge in [-0.2, -0.15) is 0 Å². The molecule has 0 amide bonds. The van der Waals surface area contributed by atoms with Gasteiger partial charge in [-0.25, -0.2) is 14.3 Å². The molecule has 1 fully saturated rings. The zero-order valence-corrected chi connectivity index (χ0v) is 16.5. The van der Waals surface area contributed by atoms with Crippen LogP contribution in [-0.2, 0) is 11.0 Å². The molecule has 1 aliphatic carbocycles. The van der Waals surface area contributed by atoms with Crippen LogP contribution in [0.4, 0.5) is 0 Å². The minimum atomic E-state index is -1.53. The lowest BCUT2D eigenvalue weighted by Gasteiger charge is -2.06. The Hall–Kier alpha value is -2.47. The minimum Gasteiger partial charge on any atom is -0.342 e. The second kappa shape index (κ2) is 6.85. The first-order chi connectivity index (χ1) is 13.6. The van der Waals surface area contributed by atoms with E-state index in [0.717, 1.165) is 39.4 Å². The summed E-state index contributed by atoms with van der Waals surface area (Å²) in [6, 6.07) is 21.6. The summed E-state index contributed by atoms with van der Waals surface area (Å²) in [7, 11) is -1.53. The van der Waals surface area contributed by atoms with E-state index in [-0.39, 0.29) is 0 Å². The van der Waals surface area contributed by atoms with E-state index in [9.17, 15) is 4.21 Å². The van der Waals surface area contributed by atoms with Crippen molar-refractivity contribution in [2.45, 2.75) is 23.2 Å². The molecule has 0 bridgehead atoms. The van der Waals surface area contributed by atoms with Crippen molar-refractivity contribution in [3.63, 3.8) is 0 Å². The third-order valence-corrected chi connectivity index (χ3v) is 6.36. The van der Waals surface area contributed by atoms with Gasteiger partial charge in [-0.3, -0.25) is 0 Å². The summed E-state index contributed by atoms with van der Waals surface area (Å²) in [4.78, 5) is 8.90. The lowest BCUT2D eigenvalue weighted by molar-refractivity contribution is 0.684. The van der Waals surface area contributed by atoms with E-state index in [1.807, 2.05) is 54.6 Å². The number of hydrogen-bond donors (Lipinski definition) is 2. The summed E-state index contributed by atoms with van der Waals surface area (Å²) in [6.07, 6.45) is 1.07. The maximum absolute atomic E-state index is 11.9. The number of imidazole rings is 1. The number of aromatic nitrogens is 2. The first-order valence-electron chi connectivity index (χ1n) is 9.11. The van der Waals surface area contributed by atoms with Crippen LogP contribution in [0.5, 0.6) is 0 Å². The number of nitrogens with two attached hydrogens (primary N) is 1. The fourth-order valence-electron chi connectivity index (χ4n) is 3.86. The summed E-state index contributed by atoms with van der Waals surface area (Å²) in [5.41, 5.74) is 5.02. The number of H-pyrrole nitrogens is 1. The zero-order chi connectivity index (χ0) is 19.3. The van der Waals surface area contributed by atoms with Crippen LogP contribution >= 0.6 is 11.6 Å². The van der Waals surface area contributed by atoms with E-state index >= 15 is 0 Å². The van der Waals surface area contributed by atoms with Gasteiger partial charge in [0.2, 0.25) is 0 Å². The molecule has 3 atom stereocenters. The Morgan fingerprint density at radius 1 is 1.04 bits per heavy atom. The summed E-state index contributed by atoms with van der Waals surface area (Å²) >= 11 is 6.13. The minimum absolute atomic E-state index is 0.387. The fourth-order valence-corrected chi connectivity index (χ4v) is 4.67. The van der Waals surface area contributed by atoms with Crippen LogP contribution in [0.25, 0.3) is 22.2 Å². The van der Waals surface area contributed by atoms with Gasteiger partial charge in [-0.05, 0) is 59.4 Å². The SMILES string of the molecule is NS(=O)c1ccccc1-c1ccc2nc(C3CC3c3cccc(Cl)c3)[nH]c2c1. The molecular weight excluding hydrogens is 390 g/mol. The van der Waals surface area contributed by atoms with Gasteiger partial charge in [0.25, 0.3) is 0 Å². The van der Waals surface area contributed by atoms with Crippen LogP contribution in [0.1, 0.15) is 29.6 Å². The molecular formula is C22H18ClN3OS. The van der Waals surface area contributed by atoms with E-state index in [1.165, 1.54) is 5.56 Å². The molecule has 1 aliphatic rings. The van der Waals surface area contributed by atoms with Gasteiger partial charge in [-0.15, -0.1) is 0 Å². The summed E-state index contributed by atoms with van der Waals surface area (Å²) in [5.74, 6) is 1.85. The predicted molar refractivity (Wildman–Crippen MR) is 114 cm³/mol. The summed E-state index contributed by atoms with van der Waals surface area (Å²) in [5, 5.41) is 6.41. The van der Waals surface area contributed by atoms with Crippen LogP contribution in [0, 0.1) is 0 Å². The molecule has 0 aliphatic heterocycles. The van der Waals surface area contributed by atoms with Crippen LogP contribution in [0.3, 0.4) is 0 Å². The lowest BCUT2D eigenvalue weighted by atomic mass is 10.1. The highest BCUT2D eigenvalue weighted by Gasteiger charge is 2.41. The molecule has 1 aromatic heterocycles. The monoisotopic (exact) mass is 407 g/mol. The number of benzene rings is 3. The Morgan fingerprint density at radius 3 is 2.71 bits per heavy atom. The molecule has 6 heteroatoms. The van der Waals surface area contributed by atoms with E-state index in [4.69, 9.17) is 21.7 Å². The quantitative estimate of drug-likeness (QED) is 0.491. The van der Waals surface area contributed by atoms with Crippen molar-refractivity contribution in [3.05, 3.63) is 83.1 Å². The molecule has 4 nitrogen and oxygen atoms in total. The standard InChI is InChI=1S/C22H18ClN3OS/c23-15-5-3-4-13(10-15)17-12-18(17)22-25-19-9-8-14(11-20(19)26-22)16-6-1-2-7-21(16)28(24)27/h1-11,17-18H,12,24H2,(H,25,26). The Morgan fingerprint density at radius 2 is 1.89 bits per heavy atom. The van der Waals surface area contributed by atoms with Crippen LogP contribution in [-0.4, -0.2) is 14.2 Å². The second-order valence-corrected chi connectivity index (χ2v) is 8.62. The molecule has 140 valence electrons. The van der Waals surface area contributed by atoms with Gasteiger partial charge in [0.15, 0.2) is 0 Å². The van der Waals surface area contributed by atoms with Crippen LogP contribution < -0.4 is 5.14 Å². The largest absolute Gasteiger partial charge is 0.342 e. The predicted octanol–water partition coefficient (Wildman–Crippen LogP) is 5.14. The van der Waals surface area contributed by atoms with Gasteiger partial charge in [0, 0.05) is 10.9 Å². The molecule has 3 N–H and O–H groups in total. The first kappa shape index (κ1) is 17.6. The first-order valence-corrected chi connectivity index (χ1v) is 10.7. The molecule has 3 aromatic carbocycles. The van der Waals surface area contributed by atoms with Gasteiger partial charge in [0.1, 0.15) is 16.8 Å². The average molecular weight is 408 g/mol. The molecule has 0 saturated heterocycles. The number of fused-ring (bicyclic) bond motifs is 1. The number of hydrogen-bond acceptors (Lipinski definition) is 2. The smallest absolute Gasteiger partial charge is 0.122 e. The third kappa shape index (κ3) is 3.15. The Balaban J connectivity index is 1.48. The number of aromatic amines is 1. The highest BCUT2D eigenvalue weighted by Crippen LogP contribution is 2.54. The van der Waals surface area contributed by atoms with E-state index in [1.54, 1.807) is 6.07 Å². The van der Waals surface area contributed by atoms with Crippen molar-refractivity contribution in [2.24, 2.45) is 5.14 Å². The molecule has 28 heavy (non-hydrogen) atoms. The highest BCUT2D eigenvalue weighted by atomic mass is 35.5. The normalized spacial score (nSPS) is 19.6. The van der Waals surface area contributed by atoms with E-state index < -0.39 is 11.0 Å². The van der Waals surface area contributed by atoms with Crippen molar-refractivity contribution in [2.75, 3.05) is 0 Å². The maximum Gasteiger partial charge on any atom is 0.122 e. The number of nitrogens with zero attached hydrogens (tertiary/aromatic N) is 1. The summed E-state index contributed by atoms with van der Waals surface area (Å²) in [6.45, 7) is 0. The number of rotatable bonds is 4. The van der Waals surface area contributed by atoms with Crippen molar-refractivity contribution < 1.29 is 4.21 Å². The van der Waals surface area contributed by atoms with Gasteiger partial charge < -0.3 is 4.98 Å². The molecule has 5 rings (SSSR count). The molecule has 0 spiro atoms. The van der Waals surface area contributed by atoms with Crippen LogP contribution in [0.15, 0.2) is 71.6 Å². The average Bonchev–Trinajstić information content (AvgIpc) is 3.39. The molecule has 1 saturated carbocycles. The van der Waals surface area contributed by atoms with Gasteiger partial charge in [0.05, 0.1) is 15.9 Å². The van der Waals surface area contributed by atoms with Crippen molar-refractivity contribution in [1.82, 2.24) is 9.97 Å². The third-order valence-electron chi connectivity index (χ3n) is 5.33. The topological polar surface area (TPSA) is 71.8 Å². The molecule has 0 radical (unpaired) electrons. The van der Waals surface area contributed by atoms with Crippen LogP contribution in [0.2, 0.25) is 5.02 Å². The zero-order valence-electron chi connectivity index (χ0n) is 14.9. The Labute approximate surface area is 170 Å². The number of halogens is 1.